The van der Waals surface area contributed by atoms with E-state index in [-0.39, 0.29) is 11.9 Å². The van der Waals surface area contributed by atoms with E-state index in [2.05, 4.69) is 30.1 Å². The molecule has 2 aromatic rings. The zero-order valence-electron chi connectivity index (χ0n) is 10.4. The number of hydrogen-bond acceptors (Lipinski definition) is 6. The van der Waals surface area contributed by atoms with Gasteiger partial charge in [0.1, 0.15) is 0 Å². The second-order valence-corrected chi connectivity index (χ2v) is 3.63. The first-order chi connectivity index (χ1) is 9.48. The Labute approximate surface area is 111 Å². The molecule has 0 aliphatic carbocycles. The van der Waals surface area contributed by atoms with Crippen LogP contribution < -0.4 is 10.1 Å². The van der Waals surface area contributed by atoms with E-state index in [4.69, 9.17) is 0 Å². The van der Waals surface area contributed by atoms with Crippen LogP contribution in [0.15, 0.2) is 18.5 Å². The van der Waals surface area contributed by atoms with Gasteiger partial charge in [0.2, 0.25) is 5.95 Å². The molecule has 20 heavy (non-hydrogen) atoms. The fourth-order valence-electron chi connectivity index (χ4n) is 1.28. The summed E-state index contributed by atoms with van der Waals surface area (Å²) in [6.45, 7) is 0.829. The topological polar surface area (TPSA) is 77.8 Å². The Morgan fingerprint density at radius 2 is 2.10 bits per heavy atom. The van der Waals surface area contributed by atoms with Gasteiger partial charge in [-0.3, -0.25) is 0 Å². The van der Waals surface area contributed by atoms with Crippen molar-refractivity contribution in [2.24, 2.45) is 0 Å². The number of hydrogen-bond donors (Lipinski definition) is 1. The molecule has 108 valence electrons. The average Bonchev–Trinajstić information content (AvgIpc) is 2.89. The van der Waals surface area contributed by atoms with E-state index in [1.807, 2.05) is 0 Å². The van der Waals surface area contributed by atoms with Gasteiger partial charge in [-0.15, -0.1) is 0 Å². The van der Waals surface area contributed by atoms with Crippen LogP contribution in [0.1, 0.15) is 6.92 Å². The molecular formula is C10H11F3N6O. The van der Waals surface area contributed by atoms with Crippen molar-refractivity contribution < 1.29 is 17.9 Å². The molecule has 0 spiro atoms. The predicted molar refractivity (Wildman–Crippen MR) is 62.7 cm³/mol. The second-order valence-electron chi connectivity index (χ2n) is 3.63. The zero-order chi connectivity index (χ0) is 14.6. The molecule has 10 heteroatoms. The van der Waals surface area contributed by atoms with Gasteiger partial charge in [-0.2, -0.15) is 33.2 Å². The Balaban J connectivity index is 2.26. The van der Waals surface area contributed by atoms with Crippen molar-refractivity contribution >= 4 is 5.95 Å². The zero-order valence-corrected chi connectivity index (χ0v) is 10.4. The average molecular weight is 288 g/mol. The van der Waals surface area contributed by atoms with Crippen molar-refractivity contribution in [1.82, 2.24) is 24.7 Å². The summed E-state index contributed by atoms with van der Waals surface area (Å²) in [6.07, 6.45) is -1.41. The molecule has 0 amide bonds. The summed E-state index contributed by atoms with van der Waals surface area (Å²) in [7, 11) is 0. The van der Waals surface area contributed by atoms with Crippen LogP contribution >= 0.6 is 0 Å². The fraction of sp³-hybridized carbons (Fsp3) is 0.400. The lowest BCUT2D eigenvalue weighted by molar-refractivity contribution is -0.154. The summed E-state index contributed by atoms with van der Waals surface area (Å²) in [5, 5.41) is 6.68. The third kappa shape index (κ3) is 3.80. The lowest BCUT2D eigenvalue weighted by atomic mass is 10.7. The number of ether oxygens (including phenoxy) is 1. The van der Waals surface area contributed by atoms with Gasteiger partial charge >= 0.3 is 12.2 Å². The molecule has 0 aliphatic heterocycles. The highest BCUT2D eigenvalue weighted by atomic mass is 19.4. The SMILES string of the molecule is CCNc1nc(OCC(F)(F)F)nc(-n2cccn2)n1. The largest absolute Gasteiger partial charge is 0.454 e. The number of rotatable bonds is 5. The molecule has 2 heterocycles. The fourth-order valence-corrected chi connectivity index (χ4v) is 1.28. The van der Waals surface area contributed by atoms with Crippen molar-refractivity contribution in [1.29, 1.82) is 0 Å². The van der Waals surface area contributed by atoms with Crippen molar-refractivity contribution in [2.75, 3.05) is 18.5 Å². The van der Waals surface area contributed by atoms with Crippen molar-refractivity contribution in [3.05, 3.63) is 18.5 Å². The minimum atomic E-state index is -4.46. The van der Waals surface area contributed by atoms with Gasteiger partial charge in [-0.05, 0) is 13.0 Å². The minimum absolute atomic E-state index is 0.0677. The highest BCUT2D eigenvalue weighted by Crippen LogP contribution is 2.17. The van der Waals surface area contributed by atoms with Gasteiger partial charge in [0.05, 0.1) is 0 Å². The van der Waals surface area contributed by atoms with Crippen LogP contribution in [0.3, 0.4) is 0 Å². The van der Waals surface area contributed by atoms with Gasteiger partial charge < -0.3 is 10.1 Å². The van der Waals surface area contributed by atoms with E-state index in [1.165, 1.54) is 10.9 Å². The first kappa shape index (κ1) is 14.0. The highest BCUT2D eigenvalue weighted by Gasteiger charge is 2.29. The standard InChI is InChI=1S/C10H11F3N6O/c1-2-14-7-16-8(19-5-3-4-15-19)18-9(17-7)20-6-10(11,12)13/h3-5H,2,6H2,1H3,(H,14,16,17,18). The summed E-state index contributed by atoms with van der Waals surface area (Å²) in [5.41, 5.74) is 0. The van der Waals surface area contributed by atoms with Crippen molar-refractivity contribution in [3.8, 4) is 12.0 Å². The van der Waals surface area contributed by atoms with E-state index in [0.29, 0.717) is 6.54 Å². The minimum Gasteiger partial charge on any atom is -0.454 e. The number of nitrogens with one attached hydrogen (secondary N) is 1. The van der Waals surface area contributed by atoms with Crippen LogP contribution in [-0.4, -0.2) is 44.1 Å². The van der Waals surface area contributed by atoms with Crippen LogP contribution in [0.2, 0.25) is 0 Å². The molecule has 0 fully saturated rings. The summed E-state index contributed by atoms with van der Waals surface area (Å²) >= 11 is 0. The summed E-state index contributed by atoms with van der Waals surface area (Å²) in [5.74, 6) is 0.184. The van der Waals surface area contributed by atoms with Gasteiger partial charge in [0, 0.05) is 18.9 Å². The Kier molecular flexibility index (Phi) is 4.01. The third-order valence-corrected chi connectivity index (χ3v) is 2.01. The number of aromatic nitrogens is 5. The molecule has 0 radical (unpaired) electrons. The number of alkyl halides is 3. The Morgan fingerprint density at radius 1 is 1.30 bits per heavy atom. The second kappa shape index (κ2) is 5.72. The highest BCUT2D eigenvalue weighted by molar-refractivity contribution is 5.29. The monoisotopic (exact) mass is 288 g/mol. The molecule has 0 unspecified atom stereocenters. The van der Waals surface area contributed by atoms with Crippen molar-refractivity contribution in [3.63, 3.8) is 0 Å². The van der Waals surface area contributed by atoms with Crippen LogP contribution in [0.25, 0.3) is 5.95 Å². The van der Waals surface area contributed by atoms with Crippen molar-refractivity contribution in [2.45, 2.75) is 13.1 Å². The lowest BCUT2D eigenvalue weighted by Gasteiger charge is -2.10. The van der Waals surface area contributed by atoms with E-state index in [9.17, 15) is 13.2 Å². The molecule has 0 bridgehead atoms. The van der Waals surface area contributed by atoms with Gasteiger partial charge in [0.15, 0.2) is 6.61 Å². The molecule has 2 aromatic heterocycles. The van der Waals surface area contributed by atoms with E-state index in [1.54, 1.807) is 19.2 Å². The lowest BCUT2D eigenvalue weighted by Crippen LogP contribution is -2.21. The maximum Gasteiger partial charge on any atom is 0.422 e. The van der Waals surface area contributed by atoms with Gasteiger partial charge in [-0.25, -0.2) is 4.68 Å². The molecule has 2 rings (SSSR count). The first-order valence-corrected chi connectivity index (χ1v) is 5.67. The Morgan fingerprint density at radius 3 is 2.70 bits per heavy atom. The third-order valence-electron chi connectivity index (χ3n) is 2.01. The van der Waals surface area contributed by atoms with Crippen LogP contribution in [-0.2, 0) is 0 Å². The summed E-state index contributed by atoms with van der Waals surface area (Å²) in [6, 6.07) is 1.21. The summed E-state index contributed by atoms with van der Waals surface area (Å²) < 4.78 is 42.2. The normalized spacial score (nSPS) is 11.4. The maximum atomic E-state index is 12.1. The number of nitrogens with zero attached hydrogens (tertiary/aromatic N) is 5. The molecule has 0 atom stereocenters. The molecule has 0 aromatic carbocycles. The smallest absolute Gasteiger partial charge is 0.422 e. The first-order valence-electron chi connectivity index (χ1n) is 5.67. The Bertz CT molecular complexity index is 557. The molecule has 0 aliphatic rings. The van der Waals surface area contributed by atoms with Crippen LogP contribution in [0, 0.1) is 0 Å². The van der Waals surface area contributed by atoms with E-state index in [0.717, 1.165) is 0 Å². The Hall–Kier alpha value is -2.39. The number of anilines is 1. The van der Waals surface area contributed by atoms with E-state index < -0.39 is 18.8 Å². The molecule has 0 saturated heterocycles. The summed E-state index contributed by atoms with van der Waals surface area (Å²) in [4.78, 5) is 11.5. The van der Waals surface area contributed by atoms with E-state index >= 15 is 0 Å². The predicted octanol–water partition coefficient (Wildman–Crippen LogP) is 1.43. The van der Waals surface area contributed by atoms with Crippen LogP contribution in [0.5, 0.6) is 6.01 Å². The molecule has 1 N–H and O–H groups in total. The molecular weight excluding hydrogens is 277 g/mol. The molecule has 0 saturated carbocycles. The van der Waals surface area contributed by atoms with Crippen LogP contribution in [0.4, 0.5) is 19.1 Å². The van der Waals surface area contributed by atoms with Gasteiger partial charge in [-0.1, -0.05) is 0 Å². The molecule has 7 nitrogen and oxygen atoms in total. The number of halogens is 3. The maximum absolute atomic E-state index is 12.1. The van der Waals surface area contributed by atoms with Gasteiger partial charge in [0.25, 0.3) is 5.95 Å². The quantitative estimate of drug-likeness (QED) is 0.896.